The smallest absolute Gasteiger partial charge is 0.205 e. The summed E-state index contributed by atoms with van der Waals surface area (Å²) in [6.45, 7) is 6.29. The zero-order valence-electron chi connectivity index (χ0n) is 15.3. The van der Waals surface area contributed by atoms with Gasteiger partial charge in [-0.1, -0.05) is 29.8 Å². The summed E-state index contributed by atoms with van der Waals surface area (Å²) < 4.78 is 2.04. The Morgan fingerprint density at radius 3 is 2.70 bits per heavy atom. The van der Waals surface area contributed by atoms with Crippen LogP contribution in [0, 0.1) is 32.1 Å². The molecule has 4 nitrogen and oxygen atoms in total. The van der Waals surface area contributed by atoms with E-state index < -0.39 is 0 Å². The van der Waals surface area contributed by atoms with Crippen molar-refractivity contribution in [3.05, 3.63) is 79.5 Å². The maximum Gasteiger partial charge on any atom is 0.205 e. The highest BCUT2D eigenvalue weighted by Gasteiger charge is 2.20. The maximum absolute atomic E-state index is 12.9. The lowest BCUT2D eigenvalue weighted by Gasteiger charge is -2.11. The van der Waals surface area contributed by atoms with Gasteiger partial charge in [-0.2, -0.15) is 5.26 Å². The van der Waals surface area contributed by atoms with Crippen molar-refractivity contribution in [1.29, 1.82) is 5.26 Å². The molecule has 27 heavy (non-hydrogen) atoms. The first-order valence-corrected chi connectivity index (χ1v) is 9.65. The highest BCUT2D eigenvalue weighted by Crippen LogP contribution is 2.23. The number of ketones is 1. The summed E-state index contributed by atoms with van der Waals surface area (Å²) in [7, 11) is 0. The van der Waals surface area contributed by atoms with Crippen molar-refractivity contribution in [1.82, 2.24) is 9.55 Å². The van der Waals surface area contributed by atoms with E-state index in [1.807, 2.05) is 67.1 Å². The topological polar surface area (TPSA) is 58.7 Å². The fourth-order valence-electron chi connectivity index (χ4n) is 2.96. The van der Waals surface area contributed by atoms with Crippen LogP contribution in [0.15, 0.2) is 41.3 Å². The van der Waals surface area contributed by atoms with Gasteiger partial charge in [-0.25, -0.2) is 4.98 Å². The second-order valence-corrected chi connectivity index (χ2v) is 7.72. The molecule has 3 rings (SSSR count). The molecule has 0 fully saturated rings. The van der Waals surface area contributed by atoms with E-state index >= 15 is 0 Å². The fraction of sp³-hybridized carbons (Fsp3) is 0.190. The fourth-order valence-corrected chi connectivity index (χ4v) is 3.72. The Morgan fingerprint density at radius 1 is 1.33 bits per heavy atom. The second kappa shape index (κ2) is 7.91. The second-order valence-electron chi connectivity index (χ2n) is 6.25. The van der Waals surface area contributed by atoms with Crippen molar-refractivity contribution in [2.24, 2.45) is 0 Å². The molecule has 136 valence electrons. The Bertz CT molecular complexity index is 1090. The predicted octanol–water partition coefficient (Wildman–Crippen LogP) is 5.36. The van der Waals surface area contributed by atoms with Gasteiger partial charge in [0.25, 0.3) is 0 Å². The number of thiazole rings is 1. The van der Waals surface area contributed by atoms with Gasteiger partial charge < -0.3 is 4.57 Å². The van der Waals surface area contributed by atoms with Crippen molar-refractivity contribution in [2.45, 2.75) is 27.3 Å². The molecule has 3 aromatic rings. The zero-order chi connectivity index (χ0) is 19.6. The molecular weight excluding hydrogens is 378 g/mol. The summed E-state index contributed by atoms with van der Waals surface area (Å²) in [4.78, 5) is 17.2. The summed E-state index contributed by atoms with van der Waals surface area (Å²) in [6, 6.07) is 11.5. The molecule has 1 aromatic carbocycles. The number of hydrogen-bond donors (Lipinski definition) is 0. The van der Waals surface area contributed by atoms with E-state index in [0.29, 0.717) is 22.8 Å². The van der Waals surface area contributed by atoms with Crippen LogP contribution >= 0.6 is 22.9 Å². The molecule has 0 amide bonds. The number of benzene rings is 1. The van der Waals surface area contributed by atoms with Crippen LogP contribution in [-0.2, 0) is 6.54 Å². The Labute approximate surface area is 167 Å². The van der Waals surface area contributed by atoms with E-state index in [0.717, 1.165) is 22.0 Å². The van der Waals surface area contributed by atoms with Crippen LogP contribution in [0.25, 0.3) is 6.08 Å². The van der Waals surface area contributed by atoms with E-state index in [1.54, 1.807) is 6.08 Å². The molecule has 2 heterocycles. The number of carbonyl (C=O) groups excluding carboxylic acids is 1. The molecule has 0 spiro atoms. The molecule has 0 aliphatic heterocycles. The van der Waals surface area contributed by atoms with Gasteiger partial charge in [-0.15, -0.1) is 11.3 Å². The number of allylic oxidation sites excluding steroid dienone is 1. The molecule has 2 aromatic heterocycles. The van der Waals surface area contributed by atoms with Gasteiger partial charge >= 0.3 is 0 Å². The Kier molecular flexibility index (Phi) is 5.59. The number of halogens is 1. The van der Waals surface area contributed by atoms with Crippen molar-refractivity contribution in [2.75, 3.05) is 0 Å². The van der Waals surface area contributed by atoms with Gasteiger partial charge in [0.1, 0.15) is 11.6 Å². The molecule has 0 aliphatic rings. The minimum atomic E-state index is -0.290. The minimum absolute atomic E-state index is 0.0818. The number of nitriles is 1. The van der Waals surface area contributed by atoms with E-state index in [4.69, 9.17) is 11.6 Å². The highest BCUT2D eigenvalue weighted by atomic mass is 35.5. The normalized spacial score (nSPS) is 11.4. The van der Waals surface area contributed by atoms with Crippen LogP contribution < -0.4 is 0 Å². The maximum atomic E-state index is 12.9. The van der Waals surface area contributed by atoms with Gasteiger partial charge in [0.15, 0.2) is 0 Å². The largest absolute Gasteiger partial charge is 0.344 e. The molecule has 0 aliphatic carbocycles. The number of rotatable bonds is 5. The highest BCUT2D eigenvalue weighted by molar-refractivity contribution is 7.09. The predicted molar refractivity (Wildman–Crippen MR) is 109 cm³/mol. The van der Waals surface area contributed by atoms with E-state index in [9.17, 15) is 10.1 Å². The van der Waals surface area contributed by atoms with E-state index in [1.165, 1.54) is 11.3 Å². The average Bonchev–Trinajstić information content (AvgIpc) is 3.18. The lowest BCUT2D eigenvalue weighted by Crippen LogP contribution is -2.07. The molecule has 0 radical (unpaired) electrons. The molecule has 0 N–H and O–H groups in total. The van der Waals surface area contributed by atoms with Crippen molar-refractivity contribution in [3.63, 3.8) is 0 Å². The Hall–Kier alpha value is -2.68. The monoisotopic (exact) mass is 395 g/mol. The van der Waals surface area contributed by atoms with Crippen LogP contribution in [0.3, 0.4) is 0 Å². The standard InChI is InChI=1S/C21H18ClN3OS/c1-13-8-19(14(2)25(13)11-16-6-4-5-7-20(16)22)21(26)17(10-23)9-18-12-27-15(3)24-18/h4-9,12H,11H2,1-3H3/b17-9+. The molecule has 0 bridgehead atoms. The third-order valence-corrected chi connectivity index (χ3v) is 5.56. The first-order valence-electron chi connectivity index (χ1n) is 8.39. The van der Waals surface area contributed by atoms with Gasteiger partial charge in [0, 0.05) is 33.9 Å². The minimum Gasteiger partial charge on any atom is -0.344 e. The zero-order valence-corrected chi connectivity index (χ0v) is 16.9. The van der Waals surface area contributed by atoms with Crippen molar-refractivity contribution in [3.8, 4) is 6.07 Å². The molecule has 0 saturated heterocycles. The molecule has 0 saturated carbocycles. The van der Waals surface area contributed by atoms with Crippen LogP contribution in [0.5, 0.6) is 0 Å². The third kappa shape index (κ3) is 4.02. The Balaban J connectivity index is 1.95. The van der Waals surface area contributed by atoms with Gasteiger partial charge in [0.2, 0.25) is 5.78 Å². The first-order chi connectivity index (χ1) is 12.9. The summed E-state index contributed by atoms with van der Waals surface area (Å²) >= 11 is 7.76. The molecule has 6 heteroatoms. The average molecular weight is 396 g/mol. The van der Waals surface area contributed by atoms with Crippen LogP contribution in [0.2, 0.25) is 5.02 Å². The van der Waals surface area contributed by atoms with E-state index in [2.05, 4.69) is 4.98 Å². The summed E-state index contributed by atoms with van der Waals surface area (Å²) in [5.41, 5.74) is 3.98. The van der Waals surface area contributed by atoms with Crippen molar-refractivity contribution < 1.29 is 4.79 Å². The molecule has 0 unspecified atom stereocenters. The van der Waals surface area contributed by atoms with Gasteiger partial charge in [-0.05, 0) is 44.5 Å². The number of Topliss-reactive ketones (excluding diaryl/α,β-unsaturated/α-hetero) is 1. The Morgan fingerprint density at radius 2 is 2.07 bits per heavy atom. The van der Waals surface area contributed by atoms with Crippen LogP contribution in [-0.4, -0.2) is 15.3 Å². The lowest BCUT2D eigenvalue weighted by molar-refractivity contribution is 0.103. The number of carbonyl (C=O) groups is 1. The number of nitrogens with zero attached hydrogens (tertiary/aromatic N) is 3. The van der Waals surface area contributed by atoms with Gasteiger partial charge in [-0.3, -0.25) is 4.79 Å². The number of aromatic nitrogens is 2. The SMILES string of the molecule is Cc1nc(/C=C(\C#N)C(=O)c2cc(C)n(Cc3ccccc3Cl)c2C)cs1. The summed E-state index contributed by atoms with van der Waals surface area (Å²) in [6.07, 6.45) is 1.55. The molecular formula is C21H18ClN3OS. The third-order valence-electron chi connectivity index (χ3n) is 4.40. The van der Waals surface area contributed by atoms with Gasteiger partial charge in [0.05, 0.1) is 10.7 Å². The quantitative estimate of drug-likeness (QED) is 0.332. The van der Waals surface area contributed by atoms with Crippen LogP contribution in [0.1, 0.15) is 38.0 Å². The summed E-state index contributed by atoms with van der Waals surface area (Å²) in [5.74, 6) is -0.290. The van der Waals surface area contributed by atoms with Crippen molar-refractivity contribution >= 4 is 34.8 Å². The lowest BCUT2D eigenvalue weighted by atomic mass is 10.0. The van der Waals surface area contributed by atoms with E-state index in [-0.39, 0.29) is 11.4 Å². The summed E-state index contributed by atoms with van der Waals surface area (Å²) in [5, 5.41) is 12.9. The molecule has 0 atom stereocenters. The number of hydrogen-bond acceptors (Lipinski definition) is 4. The van der Waals surface area contributed by atoms with Crippen LogP contribution in [0.4, 0.5) is 0 Å². The number of aryl methyl sites for hydroxylation is 2. The first kappa shape index (κ1) is 19.1.